The second-order valence-electron chi connectivity index (χ2n) is 1.95. The van der Waals surface area contributed by atoms with E-state index >= 15 is 0 Å². The molecule has 0 N–H and O–H groups in total. The molecule has 0 aliphatic carbocycles. The molecule has 0 heterocycles. The summed E-state index contributed by atoms with van der Waals surface area (Å²) >= 11 is 5.32. The van der Waals surface area contributed by atoms with E-state index in [2.05, 4.69) is 0 Å². The molecule has 11 heavy (non-hydrogen) atoms. The first-order valence-corrected chi connectivity index (χ1v) is 3.85. The zero-order valence-electron chi connectivity index (χ0n) is 6.38. The monoisotopic (exact) mass is 178 g/mol. The third kappa shape index (κ3) is 4.93. The van der Waals surface area contributed by atoms with Crippen LogP contribution in [0.4, 0.5) is 0 Å². The second kappa shape index (κ2) is 6.31. The Morgan fingerprint density at radius 3 is 2.82 bits per heavy atom. The topological polar surface area (TPSA) is 43.4 Å². The number of hydrogen-bond donors (Lipinski definition) is 0. The van der Waals surface area contributed by atoms with Gasteiger partial charge in [-0.15, -0.1) is 11.6 Å². The Morgan fingerprint density at radius 1 is 1.73 bits per heavy atom. The van der Waals surface area contributed by atoms with Gasteiger partial charge in [0.25, 0.3) is 0 Å². The number of ether oxygens (including phenoxy) is 1. The fourth-order valence-corrected chi connectivity index (χ4v) is 0.640. The normalized spacial score (nSPS) is 12.5. The standard InChI is InChI=1S/C7H11ClO3/c1-2-11-4-3-7(10)6(8)5-9/h5-6H,2-4H2,1H3. The van der Waals surface area contributed by atoms with Gasteiger partial charge in [-0.1, -0.05) is 0 Å². The van der Waals surface area contributed by atoms with E-state index in [-0.39, 0.29) is 12.2 Å². The van der Waals surface area contributed by atoms with E-state index in [1.807, 2.05) is 6.92 Å². The van der Waals surface area contributed by atoms with Gasteiger partial charge >= 0.3 is 0 Å². The molecule has 0 spiro atoms. The largest absolute Gasteiger partial charge is 0.381 e. The first kappa shape index (κ1) is 10.6. The van der Waals surface area contributed by atoms with Crippen LogP contribution >= 0.6 is 11.6 Å². The van der Waals surface area contributed by atoms with Crippen molar-refractivity contribution in [3.8, 4) is 0 Å². The van der Waals surface area contributed by atoms with Crippen LogP contribution < -0.4 is 0 Å². The van der Waals surface area contributed by atoms with E-state index in [0.717, 1.165) is 0 Å². The summed E-state index contributed by atoms with van der Waals surface area (Å²) in [5, 5.41) is -1.00. The smallest absolute Gasteiger partial charge is 0.160 e. The molecular weight excluding hydrogens is 168 g/mol. The molecule has 1 atom stereocenters. The summed E-state index contributed by atoms with van der Waals surface area (Å²) in [7, 11) is 0. The number of carbonyl (C=O) groups excluding carboxylic acids is 2. The summed E-state index contributed by atoms with van der Waals surface area (Å²) in [4.78, 5) is 20.8. The van der Waals surface area contributed by atoms with E-state index in [9.17, 15) is 9.59 Å². The van der Waals surface area contributed by atoms with Crippen molar-refractivity contribution < 1.29 is 14.3 Å². The molecule has 0 aliphatic rings. The minimum atomic E-state index is -1.00. The Hall–Kier alpha value is -0.410. The van der Waals surface area contributed by atoms with Gasteiger partial charge < -0.3 is 9.53 Å². The van der Waals surface area contributed by atoms with Gasteiger partial charge in [0, 0.05) is 13.0 Å². The first-order chi connectivity index (χ1) is 5.22. The molecule has 0 fully saturated rings. The molecule has 0 rings (SSSR count). The van der Waals surface area contributed by atoms with Gasteiger partial charge in [0.05, 0.1) is 6.61 Å². The van der Waals surface area contributed by atoms with Crippen LogP contribution in [-0.4, -0.2) is 30.7 Å². The van der Waals surface area contributed by atoms with Crippen molar-refractivity contribution in [3.05, 3.63) is 0 Å². The molecule has 0 aliphatic heterocycles. The Morgan fingerprint density at radius 2 is 2.36 bits per heavy atom. The highest BCUT2D eigenvalue weighted by molar-refractivity contribution is 6.38. The Bertz CT molecular complexity index is 136. The van der Waals surface area contributed by atoms with Gasteiger partial charge in [0.15, 0.2) is 5.78 Å². The lowest BCUT2D eigenvalue weighted by Gasteiger charge is -2.00. The van der Waals surface area contributed by atoms with E-state index in [4.69, 9.17) is 16.3 Å². The summed E-state index contributed by atoms with van der Waals surface area (Å²) in [5.41, 5.74) is 0. The minimum absolute atomic E-state index is 0.209. The van der Waals surface area contributed by atoms with E-state index in [1.54, 1.807) is 0 Å². The first-order valence-electron chi connectivity index (χ1n) is 3.42. The highest BCUT2D eigenvalue weighted by atomic mass is 35.5. The molecule has 64 valence electrons. The Labute approximate surface area is 70.7 Å². The summed E-state index contributed by atoms with van der Waals surface area (Å²) in [6.07, 6.45) is 0.635. The molecule has 4 heteroatoms. The molecule has 0 aromatic rings. The molecule has 0 radical (unpaired) electrons. The maximum Gasteiger partial charge on any atom is 0.160 e. The third-order valence-electron chi connectivity index (χ3n) is 1.12. The molecule has 0 bridgehead atoms. The zero-order valence-corrected chi connectivity index (χ0v) is 7.13. The molecule has 0 aromatic heterocycles. The highest BCUT2D eigenvalue weighted by Crippen LogP contribution is 1.97. The quantitative estimate of drug-likeness (QED) is 0.261. The maximum absolute atomic E-state index is 10.8. The summed E-state index contributed by atoms with van der Waals surface area (Å²) < 4.78 is 4.90. The van der Waals surface area contributed by atoms with Gasteiger partial charge in [0.1, 0.15) is 11.7 Å². The number of halogens is 1. The van der Waals surface area contributed by atoms with Crippen LogP contribution in [0.3, 0.4) is 0 Å². The van der Waals surface area contributed by atoms with Crippen LogP contribution in [0, 0.1) is 0 Å². The number of carbonyl (C=O) groups is 2. The number of hydrogen-bond acceptors (Lipinski definition) is 3. The summed E-state index contributed by atoms with van der Waals surface area (Å²) in [6, 6.07) is 0. The fraction of sp³-hybridized carbons (Fsp3) is 0.714. The Balaban J connectivity index is 3.44. The molecule has 3 nitrogen and oxygen atoms in total. The molecular formula is C7H11ClO3. The van der Waals surface area contributed by atoms with E-state index in [0.29, 0.717) is 19.5 Å². The van der Waals surface area contributed by atoms with Gasteiger partial charge in [0.2, 0.25) is 0 Å². The van der Waals surface area contributed by atoms with E-state index in [1.165, 1.54) is 0 Å². The minimum Gasteiger partial charge on any atom is -0.381 e. The van der Waals surface area contributed by atoms with E-state index < -0.39 is 5.38 Å². The van der Waals surface area contributed by atoms with Crippen LogP contribution in [-0.2, 0) is 14.3 Å². The predicted molar refractivity (Wildman–Crippen MR) is 41.8 cm³/mol. The van der Waals surface area contributed by atoms with Crippen molar-refractivity contribution >= 4 is 23.7 Å². The lowest BCUT2D eigenvalue weighted by molar-refractivity contribution is -0.122. The number of aldehydes is 1. The number of rotatable bonds is 6. The summed E-state index contributed by atoms with van der Waals surface area (Å²) in [6.45, 7) is 2.75. The second-order valence-corrected chi connectivity index (χ2v) is 2.42. The molecule has 0 saturated carbocycles. The van der Waals surface area contributed by atoms with Crippen molar-refractivity contribution in [1.82, 2.24) is 0 Å². The summed E-state index contributed by atoms with van der Waals surface area (Å²) in [5.74, 6) is -0.282. The van der Waals surface area contributed by atoms with Gasteiger partial charge in [-0.2, -0.15) is 0 Å². The van der Waals surface area contributed by atoms with Crippen molar-refractivity contribution in [2.45, 2.75) is 18.7 Å². The van der Waals surface area contributed by atoms with Crippen LogP contribution in [0.25, 0.3) is 0 Å². The number of alkyl halides is 1. The molecule has 0 saturated heterocycles. The Kier molecular flexibility index (Phi) is 6.07. The van der Waals surface area contributed by atoms with Crippen molar-refractivity contribution in [2.75, 3.05) is 13.2 Å². The van der Waals surface area contributed by atoms with Crippen molar-refractivity contribution in [1.29, 1.82) is 0 Å². The maximum atomic E-state index is 10.8. The highest BCUT2D eigenvalue weighted by Gasteiger charge is 2.12. The van der Waals surface area contributed by atoms with Crippen LogP contribution in [0.2, 0.25) is 0 Å². The molecule has 0 aromatic carbocycles. The van der Waals surface area contributed by atoms with Gasteiger partial charge in [-0.3, -0.25) is 4.79 Å². The molecule has 1 unspecified atom stereocenters. The predicted octanol–water partition coefficient (Wildman–Crippen LogP) is 0.788. The molecule has 0 amide bonds. The van der Waals surface area contributed by atoms with Crippen molar-refractivity contribution in [2.24, 2.45) is 0 Å². The van der Waals surface area contributed by atoms with Crippen LogP contribution in [0.5, 0.6) is 0 Å². The fourth-order valence-electron chi connectivity index (χ4n) is 0.531. The van der Waals surface area contributed by atoms with Gasteiger partial charge in [-0.25, -0.2) is 0 Å². The third-order valence-corrected chi connectivity index (χ3v) is 1.47. The average molecular weight is 179 g/mol. The number of ketones is 1. The lowest BCUT2D eigenvalue weighted by Crippen LogP contribution is -2.17. The van der Waals surface area contributed by atoms with Crippen molar-refractivity contribution in [3.63, 3.8) is 0 Å². The van der Waals surface area contributed by atoms with Crippen LogP contribution in [0.15, 0.2) is 0 Å². The lowest BCUT2D eigenvalue weighted by atomic mass is 10.2. The SMILES string of the molecule is CCOCCC(=O)C(Cl)C=O. The van der Waals surface area contributed by atoms with Crippen LogP contribution in [0.1, 0.15) is 13.3 Å². The average Bonchev–Trinajstić information content (AvgIpc) is 2.03. The zero-order chi connectivity index (χ0) is 8.69. The number of Topliss-reactive ketones (excluding diaryl/α,β-unsaturated/α-hetero) is 1. The van der Waals surface area contributed by atoms with Gasteiger partial charge in [-0.05, 0) is 6.92 Å².